The van der Waals surface area contributed by atoms with E-state index in [9.17, 15) is 8.42 Å². The van der Waals surface area contributed by atoms with Crippen molar-refractivity contribution in [2.75, 3.05) is 32.4 Å². The lowest BCUT2D eigenvalue weighted by Crippen LogP contribution is -2.43. The highest BCUT2D eigenvalue weighted by atomic mass is 32.2. The largest absolute Gasteiger partial charge is 0.356 e. The highest BCUT2D eigenvalue weighted by molar-refractivity contribution is 7.89. The fourth-order valence-corrected chi connectivity index (χ4v) is 2.15. The molecule has 0 fully saturated rings. The zero-order chi connectivity index (χ0) is 14.7. The van der Waals surface area contributed by atoms with Crippen LogP contribution in [0.2, 0.25) is 0 Å². The minimum Gasteiger partial charge on any atom is -0.356 e. The summed E-state index contributed by atoms with van der Waals surface area (Å²) >= 11 is 0. The molecular weight excluding hydrogens is 264 g/mol. The third-order valence-electron chi connectivity index (χ3n) is 3.06. The van der Waals surface area contributed by atoms with Gasteiger partial charge < -0.3 is 10.6 Å². The lowest BCUT2D eigenvalue weighted by Gasteiger charge is -2.16. The second kappa shape index (κ2) is 10.0. The molecule has 0 aromatic rings. The zero-order valence-corrected chi connectivity index (χ0v) is 13.3. The summed E-state index contributed by atoms with van der Waals surface area (Å²) in [6.45, 7) is 7.72. The van der Waals surface area contributed by atoms with Crippen molar-refractivity contribution < 1.29 is 8.42 Å². The van der Waals surface area contributed by atoms with Gasteiger partial charge in [-0.05, 0) is 12.8 Å². The maximum Gasteiger partial charge on any atom is 0.211 e. The first-order valence-electron chi connectivity index (χ1n) is 6.90. The first kappa shape index (κ1) is 18.2. The molecule has 7 heteroatoms. The van der Waals surface area contributed by atoms with E-state index in [4.69, 9.17) is 0 Å². The monoisotopic (exact) mass is 292 g/mol. The quantitative estimate of drug-likeness (QED) is 0.329. The molecule has 0 radical (unpaired) electrons. The Labute approximate surface area is 117 Å². The van der Waals surface area contributed by atoms with Crippen LogP contribution in [-0.2, 0) is 10.0 Å². The fourth-order valence-electron chi connectivity index (χ4n) is 1.53. The highest BCUT2D eigenvalue weighted by Gasteiger charge is 2.06. The topological polar surface area (TPSA) is 82.6 Å². The van der Waals surface area contributed by atoms with Crippen molar-refractivity contribution in [2.24, 2.45) is 10.9 Å². The summed E-state index contributed by atoms with van der Waals surface area (Å²) in [5, 5.41) is 6.33. The molecule has 0 aliphatic carbocycles. The summed E-state index contributed by atoms with van der Waals surface area (Å²) in [5.41, 5.74) is 0. The van der Waals surface area contributed by atoms with Crippen LogP contribution in [0, 0.1) is 5.92 Å². The molecule has 0 rings (SSSR count). The van der Waals surface area contributed by atoms with Crippen molar-refractivity contribution in [3.05, 3.63) is 0 Å². The number of rotatable bonds is 9. The van der Waals surface area contributed by atoms with Gasteiger partial charge >= 0.3 is 0 Å². The fraction of sp³-hybridized carbons (Fsp3) is 0.917. The molecule has 3 N–H and O–H groups in total. The van der Waals surface area contributed by atoms with Crippen LogP contribution < -0.4 is 15.4 Å². The molecule has 6 nitrogen and oxygen atoms in total. The van der Waals surface area contributed by atoms with Gasteiger partial charge in [0.05, 0.1) is 5.75 Å². The van der Waals surface area contributed by atoms with Gasteiger partial charge in [0.25, 0.3) is 0 Å². The Morgan fingerprint density at radius 1 is 1.11 bits per heavy atom. The molecule has 0 saturated heterocycles. The molecule has 0 spiro atoms. The third-order valence-corrected chi connectivity index (χ3v) is 4.46. The van der Waals surface area contributed by atoms with Crippen molar-refractivity contribution in [2.45, 2.75) is 33.6 Å². The van der Waals surface area contributed by atoms with E-state index in [-0.39, 0.29) is 5.75 Å². The SMILES string of the molecule is CCC(CC)CNC(=NC)NCCNS(=O)(=O)CC. The van der Waals surface area contributed by atoms with Crippen molar-refractivity contribution in [1.82, 2.24) is 15.4 Å². The number of hydrogen-bond donors (Lipinski definition) is 3. The molecule has 0 aromatic heterocycles. The predicted molar refractivity (Wildman–Crippen MR) is 80.9 cm³/mol. The molecule has 0 aliphatic heterocycles. The Morgan fingerprint density at radius 3 is 2.21 bits per heavy atom. The van der Waals surface area contributed by atoms with Gasteiger partial charge in [-0.15, -0.1) is 0 Å². The molecule has 0 atom stereocenters. The average molecular weight is 292 g/mol. The minimum atomic E-state index is -3.11. The van der Waals surface area contributed by atoms with Crippen molar-refractivity contribution in [3.8, 4) is 0 Å². The number of nitrogens with zero attached hydrogens (tertiary/aromatic N) is 1. The van der Waals surface area contributed by atoms with E-state index < -0.39 is 10.0 Å². The molecule has 0 aromatic carbocycles. The second-order valence-corrected chi connectivity index (χ2v) is 6.46. The first-order chi connectivity index (χ1) is 8.99. The van der Waals surface area contributed by atoms with Crippen molar-refractivity contribution >= 4 is 16.0 Å². The van der Waals surface area contributed by atoms with Gasteiger partial charge in [-0.25, -0.2) is 13.1 Å². The zero-order valence-electron chi connectivity index (χ0n) is 12.5. The molecule has 0 bridgehead atoms. The van der Waals surface area contributed by atoms with Gasteiger partial charge in [-0.2, -0.15) is 0 Å². The van der Waals surface area contributed by atoms with Crippen molar-refractivity contribution in [3.63, 3.8) is 0 Å². The van der Waals surface area contributed by atoms with E-state index in [2.05, 4.69) is 34.2 Å². The van der Waals surface area contributed by atoms with Gasteiger partial charge in [0.1, 0.15) is 0 Å². The Morgan fingerprint density at radius 2 is 1.74 bits per heavy atom. The van der Waals surface area contributed by atoms with Crippen LogP contribution in [0.15, 0.2) is 4.99 Å². The molecule has 0 aliphatic rings. The van der Waals surface area contributed by atoms with E-state index >= 15 is 0 Å². The second-order valence-electron chi connectivity index (χ2n) is 4.36. The van der Waals surface area contributed by atoms with E-state index in [1.165, 1.54) is 0 Å². The van der Waals surface area contributed by atoms with Crippen LogP contribution in [0.5, 0.6) is 0 Å². The molecule has 114 valence electrons. The summed E-state index contributed by atoms with van der Waals surface area (Å²) < 4.78 is 24.9. The summed E-state index contributed by atoms with van der Waals surface area (Å²) in [4.78, 5) is 4.10. The molecular formula is C12H28N4O2S. The lowest BCUT2D eigenvalue weighted by molar-refractivity contribution is 0.481. The van der Waals surface area contributed by atoms with Gasteiger partial charge in [-0.1, -0.05) is 26.7 Å². The maximum absolute atomic E-state index is 11.2. The summed E-state index contributed by atoms with van der Waals surface area (Å²) in [6.07, 6.45) is 2.27. The average Bonchev–Trinajstić information content (AvgIpc) is 2.42. The number of nitrogens with one attached hydrogen (secondary N) is 3. The smallest absolute Gasteiger partial charge is 0.211 e. The molecule has 0 saturated carbocycles. The number of sulfonamides is 1. The first-order valence-corrected chi connectivity index (χ1v) is 8.56. The molecule has 0 amide bonds. The van der Waals surface area contributed by atoms with Gasteiger partial charge in [0, 0.05) is 26.7 Å². The van der Waals surface area contributed by atoms with Gasteiger partial charge in [0.15, 0.2) is 5.96 Å². The van der Waals surface area contributed by atoms with Crippen LogP contribution in [0.1, 0.15) is 33.6 Å². The molecule has 0 heterocycles. The Bertz CT molecular complexity index is 351. The lowest BCUT2D eigenvalue weighted by atomic mass is 10.0. The van der Waals surface area contributed by atoms with Crippen LogP contribution in [0.25, 0.3) is 0 Å². The Hall–Kier alpha value is -0.820. The van der Waals surface area contributed by atoms with Crippen LogP contribution >= 0.6 is 0 Å². The van der Waals surface area contributed by atoms with Gasteiger partial charge in [-0.3, -0.25) is 4.99 Å². The van der Waals surface area contributed by atoms with Crippen molar-refractivity contribution in [1.29, 1.82) is 0 Å². The highest BCUT2D eigenvalue weighted by Crippen LogP contribution is 2.04. The number of hydrogen-bond acceptors (Lipinski definition) is 3. The number of guanidine groups is 1. The number of aliphatic imine (C=N–C) groups is 1. The van der Waals surface area contributed by atoms with E-state index in [1.807, 2.05) is 0 Å². The minimum absolute atomic E-state index is 0.106. The summed E-state index contributed by atoms with van der Waals surface area (Å²) in [7, 11) is -1.40. The summed E-state index contributed by atoms with van der Waals surface area (Å²) in [6, 6.07) is 0. The van der Waals surface area contributed by atoms with E-state index in [0.29, 0.717) is 25.0 Å². The maximum atomic E-state index is 11.2. The van der Waals surface area contributed by atoms with Crippen LogP contribution in [0.4, 0.5) is 0 Å². The molecule has 0 unspecified atom stereocenters. The van der Waals surface area contributed by atoms with Gasteiger partial charge in [0.2, 0.25) is 10.0 Å². The van der Waals surface area contributed by atoms with E-state index in [0.717, 1.165) is 19.4 Å². The van der Waals surface area contributed by atoms with Crippen LogP contribution in [-0.4, -0.2) is 46.8 Å². The van der Waals surface area contributed by atoms with E-state index in [1.54, 1.807) is 14.0 Å². The Balaban J connectivity index is 3.90. The predicted octanol–water partition coefficient (Wildman–Crippen LogP) is 0.527. The standard InChI is InChI=1S/C12H28N4O2S/c1-5-11(6-2)10-15-12(13-4)14-8-9-16-19(17,18)7-3/h11,16H,5-10H2,1-4H3,(H2,13,14,15). The third kappa shape index (κ3) is 8.83. The summed E-state index contributed by atoms with van der Waals surface area (Å²) in [5.74, 6) is 1.45. The Kier molecular flexibility index (Phi) is 9.59. The molecule has 19 heavy (non-hydrogen) atoms. The normalized spacial score (nSPS) is 12.8. The van der Waals surface area contributed by atoms with Crippen LogP contribution in [0.3, 0.4) is 0 Å².